The van der Waals surface area contributed by atoms with Gasteiger partial charge in [0.2, 0.25) is 7.37 Å². The lowest BCUT2D eigenvalue weighted by atomic mass is 9.63. The van der Waals surface area contributed by atoms with Gasteiger partial charge in [0.1, 0.15) is 11.5 Å². The summed E-state index contributed by atoms with van der Waals surface area (Å²) in [7, 11) is -1.56. The summed E-state index contributed by atoms with van der Waals surface area (Å²) in [6, 6.07) is 13.9. The van der Waals surface area contributed by atoms with Crippen molar-refractivity contribution >= 4 is 7.37 Å². The summed E-state index contributed by atoms with van der Waals surface area (Å²) in [5, 5.41) is 10.3. The molecule has 6 rings (SSSR count). The van der Waals surface area contributed by atoms with Crippen LogP contribution in [0.5, 0.6) is 11.5 Å². The fraction of sp³-hybridized carbons (Fsp3) is 0.571. The van der Waals surface area contributed by atoms with Gasteiger partial charge in [-0.15, -0.1) is 0 Å². The van der Waals surface area contributed by atoms with E-state index in [2.05, 4.69) is 18.2 Å². The van der Waals surface area contributed by atoms with E-state index < -0.39 is 13.5 Å². The molecular weight excluding hydrogens is 463 g/mol. The van der Waals surface area contributed by atoms with Gasteiger partial charge < -0.3 is 24.2 Å². The van der Waals surface area contributed by atoms with Crippen LogP contribution in [0.15, 0.2) is 42.5 Å². The van der Waals surface area contributed by atoms with Crippen LogP contribution in [0.4, 0.5) is 0 Å². The lowest BCUT2D eigenvalue weighted by Crippen LogP contribution is -2.38. The molecule has 4 fully saturated rings. The number of aliphatic hydroxyl groups excluding tert-OH is 1. The molecule has 0 aromatic heterocycles. The van der Waals surface area contributed by atoms with Crippen LogP contribution < -0.4 is 9.47 Å². The Morgan fingerprint density at radius 1 is 1.11 bits per heavy atom. The molecule has 2 saturated carbocycles. The third kappa shape index (κ3) is 5.46. The van der Waals surface area contributed by atoms with Crippen LogP contribution in [0.2, 0.25) is 0 Å². The van der Waals surface area contributed by atoms with Crippen molar-refractivity contribution < 1.29 is 28.8 Å². The lowest BCUT2D eigenvalue weighted by Gasteiger charge is -2.39. The number of benzene rings is 2. The van der Waals surface area contributed by atoms with Gasteiger partial charge >= 0.3 is 0 Å². The van der Waals surface area contributed by atoms with Crippen LogP contribution in [-0.4, -0.2) is 49.3 Å². The van der Waals surface area contributed by atoms with Gasteiger partial charge in [0.05, 0.1) is 38.7 Å². The quantitative estimate of drug-likeness (QED) is 0.448. The van der Waals surface area contributed by atoms with Crippen molar-refractivity contribution in [2.75, 3.05) is 33.2 Å². The van der Waals surface area contributed by atoms with E-state index in [0.717, 1.165) is 50.9 Å². The Morgan fingerprint density at radius 2 is 1.89 bits per heavy atom. The summed E-state index contributed by atoms with van der Waals surface area (Å²) in [6.07, 6.45) is 6.12. The number of hydrogen-bond donors (Lipinski definition) is 2. The molecule has 2 aromatic rings. The van der Waals surface area contributed by atoms with Crippen molar-refractivity contribution in [3.8, 4) is 11.5 Å². The standard InChI is InChI=1S/C28H37O6P/c1-32-22-10-11-26(28-14-24(15-28)34-18-28)25(13-22)20-8-6-19(7-9-20)16-33-23-5-3-4-21(12-23)27(29)17-35(2,30)31/h3-5,10-13,19-20,24,27,29H,6-9,14-18H2,1-2H3,(H,30,31)/t19?,20?,24?,27-,28?/m1/s1. The molecule has 4 aliphatic rings. The molecule has 2 bridgehead atoms. The molecule has 190 valence electrons. The first-order valence-electron chi connectivity index (χ1n) is 12.7. The topological polar surface area (TPSA) is 85.2 Å². The van der Waals surface area contributed by atoms with E-state index >= 15 is 0 Å². The molecule has 2 N–H and O–H groups in total. The van der Waals surface area contributed by atoms with Gasteiger partial charge in [-0.1, -0.05) is 18.2 Å². The van der Waals surface area contributed by atoms with Crippen molar-refractivity contribution in [3.05, 3.63) is 59.2 Å². The molecule has 2 atom stereocenters. The first-order chi connectivity index (χ1) is 16.7. The number of rotatable bonds is 9. The molecule has 6 nitrogen and oxygen atoms in total. The van der Waals surface area contributed by atoms with Crippen LogP contribution in [0, 0.1) is 5.92 Å². The maximum Gasteiger partial charge on any atom is 0.200 e. The maximum absolute atomic E-state index is 11.6. The Morgan fingerprint density at radius 3 is 2.54 bits per heavy atom. The smallest absolute Gasteiger partial charge is 0.200 e. The normalized spacial score (nSPS) is 30.2. The molecule has 7 heteroatoms. The zero-order valence-corrected chi connectivity index (χ0v) is 21.6. The molecule has 2 aliphatic heterocycles. The highest BCUT2D eigenvalue weighted by Gasteiger charge is 2.54. The average Bonchev–Trinajstić information content (AvgIpc) is 3.44. The second-order valence-electron chi connectivity index (χ2n) is 10.9. The summed E-state index contributed by atoms with van der Waals surface area (Å²) >= 11 is 0. The maximum atomic E-state index is 11.6. The second-order valence-corrected chi connectivity index (χ2v) is 13.4. The average molecular weight is 501 g/mol. The highest BCUT2D eigenvalue weighted by molar-refractivity contribution is 7.57. The number of fused-ring (bicyclic) bond motifs is 1. The molecule has 0 amide bonds. The van der Waals surface area contributed by atoms with E-state index in [-0.39, 0.29) is 11.6 Å². The third-order valence-electron chi connectivity index (χ3n) is 8.19. The lowest BCUT2D eigenvalue weighted by molar-refractivity contribution is 0.122. The Balaban J connectivity index is 1.19. The number of aliphatic hydroxyl groups is 1. The van der Waals surface area contributed by atoms with Crippen molar-refractivity contribution in [2.45, 2.75) is 62.1 Å². The first-order valence-corrected chi connectivity index (χ1v) is 15.0. The van der Waals surface area contributed by atoms with Crippen LogP contribution in [-0.2, 0) is 14.7 Å². The van der Waals surface area contributed by atoms with Crippen molar-refractivity contribution in [1.82, 2.24) is 0 Å². The summed E-state index contributed by atoms with van der Waals surface area (Å²) < 4.78 is 29.2. The van der Waals surface area contributed by atoms with Gasteiger partial charge in [0, 0.05) is 12.1 Å². The Bertz CT molecular complexity index is 1080. The monoisotopic (exact) mass is 500 g/mol. The van der Waals surface area contributed by atoms with Crippen LogP contribution in [0.25, 0.3) is 0 Å². The SMILES string of the molecule is COc1ccc(C23COC(C2)C3)c(C2CCC(COc3cccc([C@H](O)CP(C)(=O)O)c3)CC2)c1. The fourth-order valence-corrected chi connectivity index (χ4v) is 7.06. The minimum atomic E-state index is -3.29. The molecule has 0 radical (unpaired) electrons. The minimum Gasteiger partial charge on any atom is -0.497 e. The van der Waals surface area contributed by atoms with Gasteiger partial charge in [0.25, 0.3) is 0 Å². The van der Waals surface area contributed by atoms with E-state index in [1.165, 1.54) is 17.8 Å². The van der Waals surface area contributed by atoms with Gasteiger partial charge in [-0.2, -0.15) is 0 Å². The van der Waals surface area contributed by atoms with Gasteiger partial charge in [-0.05, 0) is 91.3 Å². The van der Waals surface area contributed by atoms with Crippen molar-refractivity contribution in [3.63, 3.8) is 0 Å². The largest absolute Gasteiger partial charge is 0.497 e. The Kier molecular flexibility index (Phi) is 7.02. The predicted octanol–water partition coefficient (Wildman–Crippen LogP) is 5.41. The van der Waals surface area contributed by atoms with E-state index in [1.807, 2.05) is 12.1 Å². The Labute approximate surface area is 208 Å². The van der Waals surface area contributed by atoms with Gasteiger partial charge in [-0.3, -0.25) is 4.57 Å². The molecule has 35 heavy (non-hydrogen) atoms. The highest BCUT2D eigenvalue weighted by atomic mass is 31.2. The highest BCUT2D eigenvalue weighted by Crippen LogP contribution is 2.54. The van der Waals surface area contributed by atoms with E-state index in [0.29, 0.717) is 35.9 Å². The number of ether oxygens (including phenoxy) is 3. The molecule has 2 aliphatic carbocycles. The second kappa shape index (κ2) is 9.89. The molecule has 2 heterocycles. The van der Waals surface area contributed by atoms with Crippen LogP contribution in [0.1, 0.15) is 67.2 Å². The summed E-state index contributed by atoms with van der Waals surface area (Å²) in [5.41, 5.74) is 3.75. The van der Waals surface area contributed by atoms with E-state index in [4.69, 9.17) is 14.2 Å². The van der Waals surface area contributed by atoms with Gasteiger partial charge in [-0.25, -0.2) is 0 Å². The van der Waals surface area contributed by atoms with E-state index in [1.54, 1.807) is 19.2 Å². The number of hydrogen-bond acceptors (Lipinski definition) is 5. The number of methoxy groups -OCH3 is 1. The van der Waals surface area contributed by atoms with E-state index in [9.17, 15) is 14.6 Å². The van der Waals surface area contributed by atoms with Crippen LogP contribution in [0.3, 0.4) is 0 Å². The molecule has 1 unspecified atom stereocenters. The van der Waals surface area contributed by atoms with Crippen LogP contribution >= 0.6 is 7.37 Å². The van der Waals surface area contributed by atoms with Gasteiger partial charge in [0.15, 0.2) is 0 Å². The fourth-order valence-electron chi connectivity index (χ4n) is 6.20. The molecular formula is C28H37O6P. The van der Waals surface area contributed by atoms with Crippen molar-refractivity contribution in [2.24, 2.45) is 5.92 Å². The zero-order valence-electron chi connectivity index (χ0n) is 20.7. The molecule has 2 saturated heterocycles. The summed E-state index contributed by atoms with van der Waals surface area (Å²) in [5.74, 6) is 2.65. The molecule has 2 aromatic carbocycles. The summed E-state index contributed by atoms with van der Waals surface area (Å²) in [6.45, 7) is 2.76. The third-order valence-corrected chi connectivity index (χ3v) is 9.21. The van der Waals surface area contributed by atoms with Crippen molar-refractivity contribution in [1.29, 1.82) is 0 Å². The predicted molar refractivity (Wildman–Crippen MR) is 136 cm³/mol. The summed E-state index contributed by atoms with van der Waals surface area (Å²) in [4.78, 5) is 9.57. The zero-order chi connectivity index (χ0) is 24.6. The first kappa shape index (κ1) is 24.8. The Hall–Kier alpha value is -1.85. The minimum absolute atomic E-state index is 0.152. The molecule has 0 spiro atoms.